The lowest BCUT2D eigenvalue weighted by Gasteiger charge is -2.19. The number of hydrogen-bond acceptors (Lipinski definition) is 11. The van der Waals surface area contributed by atoms with Gasteiger partial charge in [-0.05, 0) is 23.8 Å². The minimum atomic E-state index is -4.08. The molecule has 36 heavy (non-hydrogen) atoms. The number of carbonyl (C=O) groups excluding carboxylic acids is 1. The van der Waals surface area contributed by atoms with Crippen LogP contribution in [-0.4, -0.2) is 82.7 Å². The first-order valence-corrected chi connectivity index (χ1v) is 12.4. The molecule has 1 aliphatic rings. The maximum absolute atomic E-state index is 13.2. The van der Waals surface area contributed by atoms with Gasteiger partial charge in [-0.1, -0.05) is 12.1 Å². The number of nitrogens with one attached hydrogen (secondary N) is 2. The van der Waals surface area contributed by atoms with Gasteiger partial charge in [0.15, 0.2) is 0 Å². The standard InChI is InChI=1S/C22H26N6O7S/c1-23-36(32,33)35-18-9-17(20(30)21(18)31)26-22-15(10-24-12-25-22)19(29)16-6-7-28(27-16)11-13-4-3-5-14(8-13)34-2/h3-8,10,12,17-18,20-21,23,30-31H,9,11H2,1-2H3,(H,24,25,26)/t17-,18-,20+,21+/m1/s1. The summed E-state index contributed by atoms with van der Waals surface area (Å²) in [5.74, 6) is 0.357. The zero-order valence-corrected chi connectivity index (χ0v) is 20.3. The Bertz CT molecular complexity index is 1330. The molecule has 13 nitrogen and oxygen atoms in total. The third-order valence-electron chi connectivity index (χ3n) is 5.76. The molecule has 4 atom stereocenters. The van der Waals surface area contributed by atoms with Gasteiger partial charge in [-0.25, -0.2) is 9.97 Å². The fraction of sp³-hybridized carbons (Fsp3) is 0.364. The van der Waals surface area contributed by atoms with Gasteiger partial charge in [0, 0.05) is 25.9 Å². The molecule has 1 aliphatic carbocycles. The summed E-state index contributed by atoms with van der Waals surface area (Å²) in [5, 5.41) is 27.9. The maximum Gasteiger partial charge on any atom is 0.335 e. The second-order valence-electron chi connectivity index (χ2n) is 8.12. The molecule has 0 aliphatic heterocycles. The maximum atomic E-state index is 13.2. The molecule has 1 fully saturated rings. The normalized spacial score (nSPS) is 21.9. The number of benzene rings is 1. The minimum Gasteiger partial charge on any atom is -0.497 e. The Morgan fingerprint density at radius 1 is 1.25 bits per heavy atom. The van der Waals surface area contributed by atoms with Crippen molar-refractivity contribution in [2.24, 2.45) is 0 Å². The van der Waals surface area contributed by atoms with Crippen molar-refractivity contribution in [3.05, 3.63) is 65.9 Å². The van der Waals surface area contributed by atoms with Gasteiger partial charge < -0.3 is 20.3 Å². The number of carbonyl (C=O) groups is 1. The zero-order chi connectivity index (χ0) is 25.9. The molecule has 0 spiro atoms. The molecule has 3 aromatic rings. The molecule has 0 unspecified atom stereocenters. The van der Waals surface area contributed by atoms with E-state index >= 15 is 0 Å². The molecule has 4 N–H and O–H groups in total. The van der Waals surface area contributed by atoms with E-state index in [0.29, 0.717) is 12.3 Å². The predicted octanol–water partition coefficient (Wildman–Crippen LogP) is -0.284. The third kappa shape index (κ3) is 5.68. The number of aromatic nitrogens is 4. The monoisotopic (exact) mass is 518 g/mol. The van der Waals surface area contributed by atoms with Crippen molar-refractivity contribution in [2.75, 3.05) is 19.5 Å². The fourth-order valence-corrected chi connectivity index (χ4v) is 4.51. The lowest BCUT2D eigenvalue weighted by molar-refractivity contribution is -0.00882. The average molecular weight is 519 g/mol. The van der Waals surface area contributed by atoms with Crippen LogP contribution in [0.3, 0.4) is 0 Å². The second kappa shape index (κ2) is 10.7. The number of hydrogen-bond donors (Lipinski definition) is 4. The quantitative estimate of drug-likeness (QED) is 0.259. The predicted molar refractivity (Wildman–Crippen MR) is 127 cm³/mol. The summed E-state index contributed by atoms with van der Waals surface area (Å²) in [6, 6.07) is 8.21. The van der Waals surface area contributed by atoms with Gasteiger partial charge in [-0.15, -0.1) is 0 Å². The molecule has 1 aromatic carbocycles. The van der Waals surface area contributed by atoms with Crippen LogP contribution >= 0.6 is 0 Å². The smallest absolute Gasteiger partial charge is 0.335 e. The van der Waals surface area contributed by atoms with Crippen LogP contribution in [0.15, 0.2) is 49.1 Å². The number of rotatable bonds is 10. The molecule has 2 aromatic heterocycles. The van der Waals surface area contributed by atoms with E-state index in [2.05, 4.69) is 20.4 Å². The highest BCUT2D eigenvalue weighted by Gasteiger charge is 2.44. The number of ketones is 1. The molecular weight excluding hydrogens is 492 g/mol. The van der Waals surface area contributed by atoms with Crippen molar-refractivity contribution in [3.63, 3.8) is 0 Å². The SMILES string of the molecule is CNS(=O)(=O)O[C@@H]1C[C@@H](Nc2ncncc2C(=O)c2ccn(Cc3cccc(OC)c3)n2)[C@H](O)[C@H]1O. The van der Waals surface area contributed by atoms with E-state index in [-0.39, 0.29) is 23.5 Å². The molecule has 4 rings (SSSR count). The first kappa shape index (κ1) is 25.7. The lowest BCUT2D eigenvalue weighted by atomic mass is 10.1. The number of ether oxygens (including phenoxy) is 1. The van der Waals surface area contributed by atoms with Gasteiger partial charge in [0.1, 0.15) is 41.9 Å². The topological polar surface area (TPSA) is 178 Å². The highest BCUT2D eigenvalue weighted by Crippen LogP contribution is 2.28. The number of methoxy groups -OCH3 is 1. The van der Waals surface area contributed by atoms with Crippen LogP contribution in [0.2, 0.25) is 0 Å². The number of anilines is 1. The number of aliphatic hydroxyl groups is 2. The molecule has 0 amide bonds. The highest BCUT2D eigenvalue weighted by molar-refractivity contribution is 7.84. The Balaban J connectivity index is 1.49. The van der Waals surface area contributed by atoms with E-state index in [9.17, 15) is 23.4 Å². The van der Waals surface area contributed by atoms with E-state index < -0.39 is 40.4 Å². The van der Waals surface area contributed by atoms with Crippen molar-refractivity contribution in [2.45, 2.75) is 37.3 Å². The van der Waals surface area contributed by atoms with Crippen molar-refractivity contribution >= 4 is 21.9 Å². The van der Waals surface area contributed by atoms with Crippen LogP contribution in [0.5, 0.6) is 5.75 Å². The van der Waals surface area contributed by atoms with Crippen molar-refractivity contribution in [3.8, 4) is 5.75 Å². The first-order valence-electron chi connectivity index (χ1n) is 11.0. The molecular formula is C22H26N6O7S. The Morgan fingerprint density at radius 2 is 2.06 bits per heavy atom. The Morgan fingerprint density at radius 3 is 2.81 bits per heavy atom. The van der Waals surface area contributed by atoms with E-state index in [1.807, 2.05) is 29.0 Å². The molecule has 14 heteroatoms. The molecule has 2 heterocycles. The van der Waals surface area contributed by atoms with E-state index in [1.54, 1.807) is 24.1 Å². The number of nitrogens with zero attached hydrogens (tertiary/aromatic N) is 4. The van der Waals surface area contributed by atoms with E-state index in [4.69, 9.17) is 8.92 Å². The Labute approximate surface area is 207 Å². The molecule has 0 bridgehead atoms. The summed E-state index contributed by atoms with van der Waals surface area (Å²) in [7, 11) is -1.33. The number of aliphatic hydroxyl groups excluding tert-OH is 2. The van der Waals surface area contributed by atoms with Crippen LogP contribution in [0, 0.1) is 0 Å². The second-order valence-corrected chi connectivity index (χ2v) is 9.63. The highest BCUT2D eigenvalue weighted by atomic mass is 32.2. The summed E-state index contributed by atoms with van der Waals surface area (Å²) in [6.45, 7) is 0.421. The van der Waals surface area contributed by atoms with Crippen LogP contribution in [0.25, 0.3) is 0 Å². The summed E-state index contributed by atoms with van der Waals surface area (Å²) in [6.07, 6.45) is 0.110. The third-order valence-corrected chi connectivity index (χ3v) is 6.76. The summed E-state index contributed by atoms with van der Waals surface area (Å²) < 4.78 is 37.1. The van der Waals surface area contributed by atoms with Gasteiger partial charge in [-0.3, -0.25) is 13.7 Å². The molecule has 192 valence electrons. The molecule has 0 radical (unpaired) electrons. The molecule has 0 saturated heterocycles. The summed E-state index contributed by atoms with van der Waals surface area (Å²) in [4.78, 5) is 21.2. The minimum absolute atomic E-state index is 0.0595. The van der Waals surface area contributed by atoms with Crippen LogP contribution in [-0.2, 0) is 21.0 Å². The van der Waals surface area contributed by atoms with Gasteiger partial charge in [0.05, 0.1) is 25.3 Å². The van der Waals surface area contributed by atoms with E-state index in [1.165, 1.54) is 19.6 Å². The van der Waals surface area contributed by atoms with Crippen molar-refractivity contribution < 1.29 is 32.3 Å². The molecule has 1 saturated carbocycles. The largest absolute Gasteiger partial charge is 0.497 e. The summed E-state index contributed by atoms with van der Waals surface area (Å²) >= 11 is 0. The summed E-state index contributed by atoms with van der Waals surface area (Å²) in [5.41, 5.74) is 1.19. The van der Waals surface area contributed by atoms with Crippen LogP contribution in [0.1, 0.15) is 28.0 Å². The van der Waals surface area contributed by atoms with Crippen LogP contribution in [0.4, 0.5) is 5.82 Å². The zero-order valence-electron chi connectivity index (χ0n) is 19.5. The van der Waals surface area contributed by atoms with E-state index in [0.717, 1.165) is 5.56 Å². The van der Waals surface area contributed by atoms with Gasteiger partial charge >= 0.3 is 10.3 Å². The Kier molecular flexibility index (Phi) is 7.61. The van der Waals surface area contributed by atoms with Crippen molar-refractivity contribution in [1.82, 2.24) is 24.5 Å². The van der Waals surface area contributed by atoms with Gasteiger partial charge in [0.2, 0.25) is 5.78 Å². The van der Waals surface area contributed by atoms with Crippen molar-refractivity contribution in [1.29, 1.82) is 0 Å². The first-order chi connectivity index (χ1) is 17.2. The average Bonchev–Trinajstić information content (AvgIpc) is 3.44. The Hall–Kier alpha value is -3.43. The lowest BCUT2D eigenvalue weighted by Crippen LogP contribution is -2.38. The van der Waals surface area contributed by atoms with Gasteiger partial charge in [0.25, 0.3) is 0 Å². The van der Waals surface area contributed by atoms with Crippen LogP contribution < -0.4 is 14.8 Å². The fourth-order valence-electron chi connectivity index (χ4n) is 3.89. The van der Waals surface area contributed by atoms with Gasteiger partial charge in [-0.2, -0.15) is 18.2 Å².